The molecule has 0 radical (unpaired) electrons. The zero-order valence-electron chi connectivity index (χ0n) is 22.5. The van der Waals surface area contributed by atoms with Gasteiger partial charge in [0.15, 0.2) is 0 Å². The minimum Gasteiger partial charge on any atom is -0.415 e. The first-order valence-corrected chi connectivity index (χ1v) is 14.3. The number of nitrogens with one attached hydrogen (secondary N) is 1. The van der Waals surface area contributed by atoms with Crippen molar-refractivity contribution in [2.45, 2.75) is 59.0 Å². The van der Waals surface area contributed by atoms with Crippen molar-refractivity contribution in [1.82, 2.24) is 9.88 Å². The standard InChI is InChI=1S/C27H35F2N3O5S/c1-17(2)19-9-7-8-10-20(19)27(15-32(16-27)14-13-26(4,5)24(34)38(6,35)36)23(33)31-21-12-11-18(3)30-22(21)37-25(28)29/h7-12,17,25H,13-16H2,1-6H3,(H,31,33). The smallest absolute Gasteiger partial charge is 0.388 e. The fraction of sp³-hybridized carbons (Fsp3) is 0.519. The van der Waals surface area contributed by atoms with Crippen molar-refractivity contribution in [2.75, 3.05) is 31.2 Å². The Morgan fingerprint density at radius 2 is 1.79 bits per heavy atom. The average Bonchev–Trinajstić information content (AvgIpc) is 2.78. The van der Waals surface area contributed by atoms with Crippen LogP contribution in [0.5, 0.6) is 5.88 Å². The van der Waals surface area contributed by atoms with Crippen LogP contribution in [-0.4, -0.2) is 61.8 Å². The van der Waals surface area contributed by atoms with E-state index in [1.807, 2.05) is 43.0 Å². The molecule has 0 spiro atoms. The molecule has 2 aromatic rings. The maximum atomic E-state index is 13.9. The number of ether oxygens (including phenoxy) is 1. The number of carbonyl (C=O) groups is 2. The molecule has 1 aromatic carbocycles. The van der Waals surface area contributed by atoms with Gasteiger partial charge in [0.1, 0.15) is 5.69 Å². The molecule has 1 aliphatic rings. The Labute approximate surface area is 222 Å². The molecule has 1 saturated heterocycles. The van der Waals surface area contributed by atoms with E-state index in [1.54, 1.807) is 26.8 Å². The van der Waals surface area contributed by atoms with Crippen molar-refractivity contribution in [3.8, 4) is 5.88 Å². The fourth-order valence-electron chi connectivity index (χ4n) is 4.83. The van der Waals surface area contributed by atoms with Gasteiger partial charge in [-0.2, -0.15) is 8.78 Å². The molecule has 208 valence electrons. The second kappa shape index (κ2) is 11.1. The van der Waals surface area contributed by atoms with E-state index in [0.29, 0.717) is 25.3 Å². The van der Waals surface area contributed by atoms with Gasteiger partial charge in [0.2, 0.25) is 21.6 Å². The molecule has 1 fully saturated rings. The number of rotatable bonds is 10. The van der Waals surface area contributed by atoms with Crippen LogP contribution in [0, 0.1) is 12.3 Å². The lowest BCUT2D eigenvalue weighted by Gasteiger charge is -2.50. The lowest BCUT2D eigenvalue weighted by molar-refractivity contribution is -0.129. The number of aryl methyl sites for hydroxylation is 1. The predicted octanol–water partition coefficient (Wildman–Crippen LogP) is 4.29. The molecule has 38 heavy (non-hydrogen) atoms. The van der Waals surface area contributed by atoms with Crippen LogP contribution < -0.4 is 10.1 Å². The highest BCUT2D eigenvalue weighted by atomic mass is 32.2. The van der Waals surface area contributed by atoms with E-state index in [9.17, 15) is 26.8 Å². The van der Waals surface area contributed by atoms with Gasteiger partial charge in [0, 0.05) is 30.5 Å². The van der Waals surface area contributed by atoms with Crippen molar-refractivity contribution in [3.05, 3.63) is 53.2 Å². The molecule has 1 aromatic heterocycles. The Balaban J connectivity index is 1.90. The highest BCUT2D eigenvalue weighted by Crippen LogP contribution is 2.41. The quantitative estimate of drug-likeness (QED) is 0.470. The molecule has 8 nitrogen and oxygen atoms in total. The molecule has 3 rings (SSSR count). The van der Waals surface area contributed by atoms with E-state index < -0.39 is 38.3 Å². The zero-order chi connectivity index (χ0) is 28.5. The Bertz CT molecular complexity index is 1310. The molecular formula is C27H35F2N3O5S. The molecular weight excluding hydrogens is 516 g/mol. The Hall–Kier alpha value is -2.92. The molecule has 1 amide bonds. The summed E-state index contributed by atoms with van der Waals surface area (Å²) in [7, 11) is -3.83. The summed E-state index contributed by atoms with van der Waals surface area (Å²) in [6, 6.07) is 10.7. The first-order chi connectivity index (χ1) is 17.6. The number of hydrogen-bond donors (Lipinski definition) is 1. The monoisotopic (exact) mass is 551 g/mol. The average molecular weight is 552 g/mol. The van der Waals surface area contributed by atoms with E-state index >= 15 is 0 Å². The van der Waals surface area contributed by atoms with Gasteiger partial charge in [-0.15, -0.1) is 0 Å². The van der Waals surface area contributed by atoms with Crippen LogP contribution in [0.3, 0.4) is 0 Å². The summed E-state index contributed by atoms with van der Waals surface area (Å²) < 4.78 is 54.2. The lowest BCUT2D eigenvalue weighted by Crippen LogP contribution is -2.65. The summed E-state index contributed by atoms with van der Waals surface area (Å²) in [5.41, 5.74) is 0.227. The highest BCUT2D eigenvalue weighted by Gasteiger charge is 2.52. The Kier molecular flexibility index (Phi) is 8.62. The summed E-state index contributed by atoms with van der Waals surface area (Å²) in [5.74, 6) is -0.633. The minimum absolute atomic E-state index is 0.0423. The summed E-state index contributed by atoms with van der Waals surface area (Å²) in [6.45, 7) is 6.78. The maximum absolute atomic E-state index is 13.9. The zero-order valence-corrected chi connectivity index (χ0v) is 23.4. The van der Waals surface area contributed by atoms with Gasteiger partial charge in [-0.3, -0.25) is 9.59 Å². The number of sulfone groups is 1. The lowest BCUT2D eigenvalue weighted by atomic mass is 9.69. The molecule has 1 aliphatic heterocycles. The van der Waals surface area contributed by atoms with Crippen LogP contribution in [0.1, 0.15) is 56.9 Å². The van der Waals surface area contributed by atoms with E-state index in [0.717, 1.165) is 17.4 Å². The number of aromatic nitrogens is 1. The van der Waals surface area contributed by atoms with Gasteiger partial charge in [-0.25, -0.2) is 13.4 Å². The normalized spacial score (nSPS) is 15.8. The number of amides is 1. The number of carbonyl (C=O) groups excluding carboxylic acids is 2. The highest BCUT2D eigenvalue weighted by molar-refractivity contribution is 8.05. The number of halogens is 2. The van der Waals surface area contributed by atoms with E-state index in [4.69, 9.17) is 0 Å². The summed E-state index contributed by atoms with van der Waals surface area (Å²) >= 11 is 0. The van der Waals surface area contributed by atoms with Crippen molar-refractivity contribution < 1.29 is 31.5 Å². The van der Waals surface area contributed by atoms with Gasteiger partial charge in [0.25, 0.3) is 5.12 Å². The van der Waals surface area contributed by atoms with Crippen molar-refractivity contribution in [1.29, 1.82) is 0 Å². The van der Waals surface area contributed by atoms with Crippen LogP contribution in [0.25, 0.3) is 0 Å². The van der Waals surface area contributed by atoms with Gasteiger partial charge < -0.3 is 15.0 Å². The number of nitrogens with zero attached hydrogens (tertiary/aromatic N) is 2. The third-order valence-corrected chi connectivity index (χ3v) is 8.14. The molecule has 2 heterocycles. The third kappa shape index (κ3) is 6.37. The molecule has 0 atom stereocenters. The molecule has 0 saturated carbocycles. The summed E-state index contributed by atoms with van der Waals surface area (Å²) in [5, 5.41) is 1.94. The summed E-state index contributed by atoms with van der Waals surface area (Å²) in [6.07, 6.45) is 1.20. The van der Waals surface area contributed by atoms with Gasteiger partial charge in [-0.1, -0.05) is 52.0 Å². The number of benzene rings is 1. The first kappa shape index (κ1) is 29.6. The van der Waals surface area contributed by atoms with Crippen molar-refractivity contribution in [2.24, 2.45) is 5.41 Å². The van der Waals surface area contributed by atoms with Crippen LogP contribution in [0.2, 0.25) is 0 Å². The number of hydrogen-bond acceptors (Lipinski definition) is 7. The predicted molar refractivity (Wildman–Crippen MR) is 141 cm³/mol. The molecule has 0 aliphatic carbocycles. The SMILES string of the molecule is Cc1ccc(NC(=O)C2(c3ccccc3C(C)C)CN(CCC(C)(C)C(=O)S(C)(=O)=O)C2)c(OC(F)F)n1. The topological polar surface area (TPSA) is 106 Å². The Morgan fingerprint density at radius 1 is 1.16 bits per heavy atom. The summed E-state index contributed by atoms with van der Waals surface area (Å²) in [4.78, 5) is 32.2. The van der Waals surface area contributed by atoms with Crippen LogP contribution in [0.4, 0.5) is 14.5 Å². The van der Waals surface area contributed by atoms with Gasteiger partial charge in [0.05, 0.1) is 5.41 Å². The van der Waals surface area contributed by atoms with Crippen LogP contribution >= 0.6 is 0 Å². The van der Waals surface area contributed by atoms with Crippen molar-refractivity contribution in [3.63, 3.8) is 0 Å². The maximum Gasteiger partial charge on any atom is 0.388 e. The van der Waals surface area contributed by atoms with E-state index in [-0.39, 0.29) is 23.9 Å². The first-order valence-electron chi connectivity index (χ1n) is 12.4. The largest absolute Gasteiger partial charge is 0.415 e. The minimum atomic E-state index is -3.83. The van der Waals surface area contributed by atoms with E-state index in [2.05, 4.69) is 15.0 Å². The number of pyridine rings is 1. The molecule has 0 unspecified atom stereocenters. The second-order valence-electron chi connectivity index (χ2n) is 10.9. The molecule has 0 bridgehead atoms. The fourth-order valence-corrected chi connectivity index (χ4v) is 5.94. The van der Waals surface area contributed by atoms with Crippen molar-refractivity contribution >= 4 is 26.5 Å². The Morgan fingerprint density at radius 3 is 2.37 bits per heavy atom. The third-order valence-electron chi connectivity index (χ3n) is 6.91. The number of likely N-dealkylation sites (tertiary alicyclic amines) is 1. The number of alkyl halides is 2. The molecule has 11 heteroatoms. The van der Waals surface area contributed by atoms with Crippen LogP contribution in [-0.2, 0) is 24.8 Å². The van der Waals surface area contributed by atoms with Gasteiger partial charge >= 0.3 is 6.61 Å². The van der Waals surface area contributed by atoms with E-state index in [1.165, 1.54) is 6.07 Å². The molecule has 1 N–H and O–H groups in total. The second-order valence-corrected chi connectivity index (χ2v) is 12.8. The van der Waals surface area contributed by atoms with Crippen LogP contribution in [0.15, 0.2) is 36.4 Å². The number of anilines is 1. The van der Waals surface area contributed by atoms with Gasteiger partial charge in [-0.05, 0) is 49.1 Å².